The Hall–Kier alpha value is -1.12. The van der Waals surface area contributed by atoms with Crippen molar-refractivity contribution in [2.75, 3.05) is 0 Å². The number of nitrogens with one attached hydrogen (secondary N) is 1. The van der Waals surface area contributed by atoms with Gasteiger partial charge in [-0.25, -0.2) is 4.98 Å². The minimum absolute atomic E-state index is 0.102. The summed E-state index contributed by atoms with van der Waals surface area (Å²) in [5, 5.41) is 0. The molecular weight excluding hydrogens is 188 g/mol. The van der Waals surface area contributed by atoms with Gasteiger partial charge in [0.15, 0.2) is 0 Å². The topological polar surface area (TPSA) is 45.8 Å². The number of aryl methyl sites for hydroxylation is 2. The zero-order valence-corrected chi connectivity index (χ0v) is 9.31. The standard InChI is InChI=1S/C12H18N2O/c1-2-6-11-13-10-8-5-3-4-7-9(10)12(15)14-11/h2-8H2,1H3,(H,13,14,15). The molecule has 0 spiro atoms. The van der Waals surface area contributed by atoms with Crippen LogP contribution in [0, 0.1) is 0 Å². The van der Waals surface area contributed by atoms with E-state index >= 15 is 0 Å². The van der Waals surface area contributed by atoms with Crippen LogP contribution in [0.3, 0.4) is 0 Å². The number of hydrogen-bond donors (Lipinski definition) is 1. The summed E-state index contributed by atoms with van der Waals surface area (Å²) in [5.74, 6) is 0.864. The Balaban J connectivity index is 2.39. The summed E-state index contributed by atoms with van der Waals surface area (Å²) in [4.78, 5) is 19.3. The van der Waals surface area contributed by atoms with Gasteiger partial charge in [0.05, 0.1) is 5.69 Å². The number of hydrogen-bond acceptors (Lipinski definition) is 2. The van der Waals surface area contributed by atoms with Gasteiger partial charge in [-0.1, -0.05) is 13.3 Å². The largest absolute Gasteiger partial charge is 0.310 e. The van der Waals surface area contributed by atoms with E-state index in [0.29, 0.717) is 0 Å². The molecule has 0 saturated carbocycles. The van der Waals surface area contributed by atoms with Crippen molar-refractivity contribution < 1.29 is 0 Å². The third-order valence-electron chi connectivity index (χ3n) is 2.98. The number of aromatic amines is 1. The average Bonchev–Trinajstić information content (AvgIpc) is 2.43. The quantitative estimate of drug-likeness (QED) is 0.752. The van der Waals surface area contributed by atoms with Gasteiger partial charge in [0, 0.05) is 12.0 Å². The van der Waals surface area contributed by atoms with Crippen molar-refractivity contribution in [3.63, 3.8) is 0 Å². The normalized spacial score (nSPS) is 15.8. The minimum Gasteiger partial charge on any atom is -0.310 e. The van der Waals surface area contributed by atoms with Gasteiger partial charge >= 0.3 is 0 Å². The highest BCUT2D eigenvalue weighted by atomic mass is 16.1. The molecule has 0 fully saturated rings. The molecule has 1 N–H and O–H groups in total. The Morgan fingerprint density at radius 1 is 1.27 bits per heavy atom. The minimum atomic E-state index is 0.102. The summed E-state index contributed by atoms with van der Waals surface area (Å²) in [6.45, 7) is 2.10. The first-order chi connectivity index (χ1) is 7.31. The van der Waals surface area contributed by atoms with Gasteiger partial charge < -0.3 is 4.98 Å². The van der Waals surface area contributed by atoms with Gasteiger partial charge in [0.25, 0.3) is 5.56 Å². The molecule has 0 saturated heterocycles. The van der Waals surface area contributed by atoms with Gasteiger partial charge in [0.2, 0.25) is 0 Å². The molecule has 0 bridgehead atoms. The maximum atomic E-state index is 11.8. The van der Waals surface area contributed by atoms with Crippen LogP contribution in [0.1, 0.15) is 49.7 Å². The molecule has 0 unspecified atom stereocenters. The van der Waals surface area contributed by atoms with Crippen LogP contribution in [0.2, 0.25) is 0 Å². The first kappa shape index (κ1) is 10.4. The van der Waals surface area contributed by atoms with Crippen LogP contribution in [0.5, 0.6) is 0 Å². The van der Waals surface area contributed by atoms with Crippen LogP contribution in [-0.2, 0) is 19.3 Å². The molecule has 3 heteroatoms. The molecule has 1 heterocycles. The van der Waals surface area contributed by atoms with E-state index in [1.807, 2.05) is 0 Å². The third-order valence-corrected chi connectivity index (χ3v) is 2.98. The van der Waals surface area contributed by atoms with Crippen molar-refractivity contribution >= 4 is 0 Å². The molecule has 1 aromatic rings. The van der Waals surface area contributed by atoms with Gasteiger partial charge in [-0.05, 0) is 32.1 Å². The predicted molar refractivity (Wildman–Crippen MR) is 60.1 cm³/mol. The Morgan fingerprint density at radius 2 is 2.07 bits per heavy atom. The Kier molecular flexibility index (Phi) is 3.19. The van der Waals surface area contributed by atoms with Crippen LogP contribution in [0.4, 0.5) is 0 Å². The van der Waals surface area contributed by atoms with Crippen LogP contribution < -0.4 is 5.56 Å². The van der Waals surface area contributed by atoms with E-state index in [1.54, 1.807) is 0 Å². The van der Waals surface area contributed by atoms with E-state index < -0.39 is 0 Å². The fourth-order valence-electron chi connectivity index (χ4n) is 2.19. The molecule has 0 radical (unpaired) electrons. The summed E-state index contributed by atoms with van der Waals surface area (Å²) >= 11 is 0. The lowest BCUT2D eigenvalue weighted by atomic mass is 10.1. The fourth-order valence-corrected chi connectivity index (χ4v) is 2.19. The molecule has 2 rings (SSSR count). The van der Waals surface area contributed by atoms with Crippen LogP contribution in [0.15, 0.2) is 4.79 Å². The number of nitrogens with zero attached hydrogens (tertiary/aromatic N) is 1. The van der Waals surface area contributed by atoms with Gasteiger partial charge in [-0.15, -0.1) is 0 Å². The number of rotatable bonds is 2. The fraction of sp³-hybridized carbons (Fsp3) is 0.667. The highest BCUT2D eigenvalue weighted by Crippen LogP contribution is 2.15. The van der Waals surface area contributed by atoms with E-state index in [-0.39, 0.29) is 5.56 Å². The van der Waals surface area contributed by atoms with E-state index in [2.05, 4.69) is 16.9 Å². The molecule has 15 heavy (non-hydrogen) atoms. The first-order valence-electron chi connectivity index (χ1n) is 5.92. The molecule has 0 aliphatic heterocycles. The second kappa shape index (κ2) is 4.60. The summed E-state index contributed by atoms with van der Waals surface area (Å²) in [6.07, 6.45) is 7.32. The maximum Gasteiger partial charge on any atom is 0.254 e. The van der Waals surface area contributed by atoms with Crippen molar-refractivity contribution in [1.29, 1.82) is 0 Å². The third kappa shape index (κ3) is 2.28. The molecule has 0 aromatic carbocycles. The highest BCUT2D eigenvalue weighted by molar-refractivity contribution is 5.19. The Morgan fingerprint density at radius 3 is 2.87 bits per heavy atom. The maximum absolute atomic E-state index is 11.8. The Bertz CT molecular complexity index is 395. The average molecular weight is 206 g/mol. The molecule has 3 nitrogen and oxygen atoms in total. The van der Waals surface area contributed by atoms with E-state index in [1.165, 1.54) is 12.8 Å². The molecular formula is C12H18N2O. The van der Waals surface area contributed by atoms with E-state index in [9.17, 15) is 4.79 Å². The number of H-pyrrole nitrogens is 1. The van der Waals surface area contributed by atoms with Gasteiger partial charge in [0.1, 0.15) is 5.82 Å². The highest BCUT2D eigenvalue weighted by Gasteiger charge is 2.13. The van der Waals surface area contributed by atoms with Gasteiger partial charge in [-0.3, -0.25) is 4.79 Å². The lowest BCUT2D eigenvalue weighted by molar-refractivity contribution is 0.707. The monoisotopic (exact) mass is 206 g/mol. The molecule has 1 aliphatic rings. The van der Waals surface area contributed by atoms with Crippen molar-refractivity contribution in [1.82, 2.24) is 9.97 Å². The summed E-state index contributed by atoms with van der Waals surface area (Å²) < 4.78 is 0. The SMILES string of the molecule is CCCc1nc2c(c(=O)[nH]1)CCCCC2. The molecule has 1 aliphatic carbocycles. The summed E-state index contributed by atoms with van der Waals surface area (Å²) in [7, 11) is 0. The zero-order valence-electron chi connectivity index (χ0n) is 9.31. The summed E-state index contributed by atoms with van der Waals surface area (Å²) in [5.41, 5.74) is 2.09. The second-order valence-electron chi connectivity index (χ2n) is 4.25. The van der Waals surface area contributed by atoms with Crippen molar-refractivity contribution in [2.24, 2.45) is 0 Å². The lowest BCUT2D eigenvalue weighted by Crippen LogP contribution is -2.19. The molecule has 1 aromatic heterocycles. The number of aromatic nitrogens is 2. The molecule has 82 valence electrons. The van der Waals surface area contributed by atoms with Crippen molar-refractivity contribution in [3.8, 4) is 0 Å². The van der Waals surface area contributed by atoms with Crippen molar-refractivity contribution in [2.45, 2.75) is 51.9 Å². The van der Waals surface area contributed by atoms with Gasteiger partial charge in [-0.2, -0.15) is 0 Å². The van der Waals surface area contributed by atoms with Crippen LogP contribution in [0.25, 0.3) is 0 Å². The first-order valence-corrected chi connectivity index (χ1v) is 5.92. The summed E-state index contributed by atoms with van der Waals surface area (Å²) in [6, 6.07) is 0. The lowest BCUT2D eigenvalue weighted by Gasteiger charge is -2.06. The van der Waals surface area contributed by atoms with Crippen molar-refractivity contribution in [3.05, 3.63) is 27.4 Å². The smallest absolute Gasteiger partial charge is 0.254 e. The van der Waals surface area contributed by atoms with Crippen LogP contribution >= 0.6 is 0 Å². The molecule has 0 amide bonds. The number of fused-ring (bicyclic) bond motifs is 1. The Labute approximate surface area is 89.9 Å². The van der Waals surface area contributed by atoms with Crippen LogP contribution in [-0.4, -0.2) is 9.97 Å². The predicted octanol–water partition coefficient (Wildman–Crippen LogP) is 1.99. The van der Waals surface area contributed by atoms with E-state index in [0.717, 1.165) is 49.2 Å². The zero-order chi connectivity index (χ0) is 10.7. The second-order valence-corrected chi connectivity index (χ2v) is 4.25. The molecule has 0 atom stereocenters. The van der Waals surface area contributed by atoms with E-state index in [4.69, 9.17) is 0 Å².